The van der Waals surface area contributed by atoms with Crippen molar-refractivity contribution >= 4 is 11.6 Å². The fraction of sp³-hybridized carbons (Fsp3) is 0.562. The molecule has 5 nitrogen and oxygen atoms in total. The first kappa shape index (κ1) is 17.3. The van der Waals surface area contributed by atoms with E-state index in [1.54, 1.807) is 18.2 Å². The minimum absolute atomic E-state index is 0.138. The Kier molecular flexibility index (Phi) is 7.02. The van der Waals surface area contributed by atoms with E-state index in [2.05, 4.69) is 5.32 Å². The van der Waals surface area contributed by atoms with Gasteiger partial charge in [0.15, 0.2) is 11.5 Å². The molecule has 1 aromatic carbocycles. The lowest BCUT2D eigenvalue weighted by atomic mass is 9.99. The summed E-state index contributed by atoms with van der Waals surface area (Å²) in [6, 6.07) is 4.82. The molecule has 2 atom stereocenters. The van der Waals surface area contributed by atoms with Crippen LogP contribution in [0.4, 0.5) is 5.69 Å². The molecular weight excluding hydrogens is 268 g/mol. The molecule has 5 heteroatoms. The van der Waals surface area contributed by atoms with Crippen molar-refractivity contribution in [2.75, 3.05) is 18.5 Å². The number of anilines is 1. The number of carbonyl (C=O) groups is 1. The van der Waals surface area contributed by atoms with Crippen molar-refractivity contribution in [3.05, 3.63) is 18.2 Å². The van der Waals surface area contributed by atoms with E-state index in [-0.39, 0.29) is 11.8 Å². The Balaban J connectivity index is 2.84. The molecule has 1 unspecified atom stereocenters. The Hall–Kier alpha value is -1.75. The van der Waals surface area contributed by atoms with E-state index in [4.69, 9.17) is 15.2 Å². The highest BCUT2D eigenvalue weighted by atomic mass is 16.5. The molecule has 0 aliphatic rings. The first-order chi connectivity index (χ1) is 10.0. The highest BCUT2D eigenvalue weighted by molar-refractivity contribution is 5.95. The molecule has 0 aliphatic heterocycles. The molecule has 0 bridgehead atoms. The van der Waals surface area contributed by atoms with Gasteiger partial charge in [-0.15, -0.1) is 0 Å². The zero-order chi connectivity index (χ0) is 15.8. The fourth-order valence-corrected chi connectivity index (χ4v) is 1.87. The van der Waals surface area contributed by atoms with Gasteiger partial charge in [-0.3, -0.25) is 4.79 Å². The van der Waals surface area contributed by atoms with Crippen LogP contribution in [0, 0.1) is 5.92 Å². The number of ether oxygens (including phenoxy) is 2. The molecule has 1 aromatic rings. The standard InChI is InChI=1S/C16H26N2O3/c1-5-11(4)15(17)16(19)18-12-8-9-13(20-6-2)14(10-12)21-7-3/h8-11,15H,5-7,17H2,1-4H3,(H,18,19)/t11?,15-/m0/s1. The van der Waals surface area contributed by atoms with E-state index in [0.717, 1.165) is 6.42 Å². The largest absolute Gasteiger partial charge is 0.490 e. The molecule has 0 heterocycles. The van der Waals surface area contributed by atoms with Crippen molar-refractivity contribution in [2.45, 2.75) is 40.2 Å². The fourth-order valence-electron chi connectivity index (χ4n) is 1.87. The van der Waals surface area contributed by atoms with Gasteiger partial charge in [0.25, 0.3) is 0 Å². The van der Waals surface area contributed by atoms with Gasteiger partial charge < -0.3 is 20.5 Å². The van der Waals surface area contributed by atoms with Crippen LogP contribution < -0.4 is 20.5 Å². The van der Waals surface area contributed by atoms with Crippen LogP contribution in [0.5, 0.6) is 11.5 Å². The van der Waals surface area contributed by atoms with Crippen LogP contribution in [0.25, 0.3) is 0 Å². The highest BCUT2D eigenvalue weighted by Gasteiger charge is 2.19. The molecule has 0 spiro atoms. The molecular formula is C16H26N2O3. The molecule has 1 amide bonds. The SMILES string of the molecule is CCOc1ccc(NC(=O)[C@@H](N)C(C)CC)cc1OCC. The number of amides is 1. The minimum atomic E-state index is -0.517. The normalized spacial score (nSPS) is 13.4. The molecule has 0 saturated carbocycles. The van der Waals surface area contributed by atoms with Crippen LogP contribution in [-0.4, -0.2) is 25.2 Å². The van der Waals surface area contributed by atoms with E-state index >= 15 is 0 Å². The molecule has 0 radical (unpaired) electrons. The molecule has 0 aromatic heterocycles. The number of benzene rings is 1. The monoisotopic (exact) mass is 294 g/mol. The predicted molar refractivity (Wildman–Crippen MR) is 84.8 cm³/mol. The summed E-state index contributed by atoms with van der Waals surface area (Å²) in [5, 5.41) is 2.83. The zero-order valence-corrected chi connectivity index (χ0v) is 13.3. The summed E-state index contributed by atoms with van der Waals surface area (Å²) in [6.07, 6.45) is 0.863. The van der Waals surface area contributed by atoms with Crippen molar-refractivity contribution in [2.24, 2.45) is 11.7 Å². The van der Waals surface area contributed by atoms with Gasteiger partial charge >= 0.3 is 0 Å². The van der Waals surface area contributed by atoms with Crippen LogP contribution >= 0.6 is 0 Å². The Labute approximate surface area is 126 Å². The van der Waals surface area contributed by atoms with Gasteiger partial charge in [-0.25, -0.2) is 0 Å². The molecule has 0 aliphatic carbocycles. The third-order valence-corrected chi connectivity index (χ3v) is 3.37. The van der Waals surface area contributed by atoms with E-state index in [0.29, 0.717) is 30.4 Å². The second-order valence-corrected chi connectivity index (χ2v) is 4.93. The number of hydrogen-bond donors (Lipinski definition) is 2. The van der Waals surface area contributed by atoms with Crippen molar-refractivity contribution < 1.29 is 14.3 Å². The maximum Gasteiger partial charge on any atom is 0.241 e. The topological polar surface area (TPSA) is 73.6 Å². The van der Waals surface area contributed by atoms with Crippen LogP contribution in [0.15, 0.2) is 18.2 Å². The van der Waals surface area contributed by atoms with E-state index in [1.807, 2.05) is 27.7 Å². The third-order valence-electron chi connectivity index (χ3n) is 3.37. The third kappa shape index (κ3) is 4.93. The number of carbonyl (C=O) groups excluding carboxylic acids is 1. The molecule has 118 valence electrons. The molecule has 21 heavy (non-hydrogen) atoms. The Bertz CT molecular complexity index is 463. The van der Waals surface area contributed by atoms with Crippen molar-refractivity contribution in [3.63, 3.8) is 0 Å². The first-order valence-corrected chi connectivity index (χ1v) is 7.49. The summed E-state index contributed by atoms with van der Waals surface area (Å²) >= 11 is 0. The number of rotatable bonds is 8. The average molecular weight is 294 g/mol. The van der Waals surface area contributed by atoms with Gasteiger partial charge in [-0.1, -0.05) is 20.3 Å². The van der Waals surface area contributed by atoms with Gasteiger partial charge in [-0.2, -0.15) is 0 Å². The number of nitrogens with one attached hydrogen (secondary N) is 1. The van der Waals surface area contributed by atoms with Gasteiger partial charge in [0.1, 0.15) is 0 Å². The summed E-state index contributed by atoms with van der Waals surface area (Å²) < 4.78 is 11.0. The molecule has 3 N–H and O–H groups in total. The molecule has 0 saturated heterocycles. The smallest absolute Gasteiger partial charge is 0.241 e. The molecule has 0 fully saturated rings. The lowest BCUT2D eigenvalue weighted by molar-refractivity contribution is -0.118. The van der Waals surface area contributed by atoms with E-state index in [1.165, 1.54) is 0 Å². The van der Waals surface area contributed by atoms with Crippen LogP contribution in [0.3, 0.4) is 0 Å². The predicted octanol–water partition coefficient (Wildman–Crippen LogP) is 2.80. The van der Waals surface area contributed by atoms with Crippen LogP contribution in [0.1, 0.15) is 34.1 Å². The summed E-state index contributed by atoms with van der Waals surface area (Å²) in [6.45, 7) is 8.89. The number of hydrogen-bond acceptors (Lipinski definition) is 4. The van der Waals surface area contributed by atoms with Crippen LogP contribution in [-0.2, 0) is 4.79 Å². The van der Waals surface area contributed by atoms with E-state index < -0.39 is 6.04 Å². The second-order valence-electron chi connectivity index (χ2n) is 4.93. The maximum absolute atomic E-state index is 12.1. The lowest BCUT2D eigenvalue weighted by Gasteiger charge is -2.18. The summed E-state index contributed by atoms with van der Waals surface area (Å²) in [5.41, 5.74) is 6.58. The Morgan fingerprint density at radius 3 is 2.38 bits per heavy atom. The van der Waals surface area contributed by atoms with Crippen LogP contribution in [0.2, 0.25) is 0 Å². The Morgan fingerprint density at radius 1 is 1.19 bits per heavy atom. The summed E-state index contributed by atoms with van der Waals surface area (Å²) in [5.74, 6) is 1.24. The minimum Gasteiger partial charge on any atom is -0.490 e. The molecule has 1 rings (SSSR count). The maximum atomic E-state index is 12.1. The first-order valence-electron chi connectivity index (χ1n) is 7.49. The summed E-state index contributed by atoms with van der Waals surface area (Å²) in [4.78, 5) is 12.1. The lowest BCUT2D eigenvalue weighted by Crippen LogP contribution is -2.40. The van der Waals surface area contributed by atoms with Gasteiger partial charge in [0.2, 0.25) is 5.91 Å². The summed E-state index contributed by atoms with van der Waals surface area (Å²) in [7, 11) is 0. The van der Waals surface area contributed by atoms with Crippen molar-refractivity contribution in [3.8, 4) is 11.5 Å². The highest BCUT2D eigenvalue weighted by Crippen LogP contribution is 2.30. The van der Waals surface area contributed by atoms with Gasteiger partial charge in [0, 0.05) is 11.8 Å². The van der Waals surface area contributed by atoms with Gasteiger partial charge in [-0.05, 0) is 31.9 Å². The van der Waals surface area contributed by atoms with E-state index in [9.17, 15) is 4.79 Å². The van der Waals surface area contributed by atoms with Crippen molar-refractivity contribution in [1.82, 2.24) is 0 Å². The second kappa shape index (κ2) is 8.52. The number of nitrogens with two attached hydrogens (primary N) is 1. The average Bonchev–Trinajstić information content (AvgIpc) is 2.48. The Morgan fingerprint density at radius 2 is 1.81 bits per heavy atom. The quantitative estimate of drug-likeness (QED) is 0.773. The van der Waals surface area contributed by atoms with Gasteiger partial charge in [0.05, 0.1) is 19.3 Å². The van der Waals surface area contributed by atoms with Crippen molar-refractivity contribution in [1.29, 1.82) is 0 Å². The zero-order valence-electron chi connectivity index (χ0n) is 13.3.